The summed E-state index contributed by atoms with van der Waals surface area (Å²) in [5.74, 6) is -0.775. The number of methoxy groups -OCH3 is 1. The van der Waals surface area contributed by atoms with Crippen LogP contribution in [0.4, 0.5) is 5.69 Å². The quantitative estimate of drug-likeness (QED) is 0.592. The maximum atomic E-state index is 13.4. The zero-order valence-corrected chi connectivity index (χ0v) is 19.4. The van der Waals surface area contributed by atoms with Gasteiger partial charge >= 0.3 is 0 Å². The van der Waals surface area contributed by atoms with Gasteiger partial charge in [0.1, 0.15) is 11.8 Å². The Balaban J connectivity index is 1.49. The minimum atomic E-state index is -0.841. The van der Waals surface area contributed by atoms with Crippen LogP contribution in [0.3, 0.4) is 0 Å². The average Bonchev–Trinajstić information content (AvgIpc) is 2.94. The van der Waals surface area contributed by atoms with Gasteiger partial charge in [0, 0.05) is 5.56 Å². The predicted molar refractivity (Wildman–Crippen MR) is 130 cm³/mol. The van der Waals surface area contributed by atoms with Gasteiger partial charge in [-0.1, -0.05) is 54.6 Å². The number of fused-ring (bicyclic) bond motifs is 3. The summed E-state index contributed by atoms with van der Waals surface area (Å²) in [6, 6.07) is 21.5. The van der Waals surface area contributed by atoms with Crippen molar-refractivity contribution >= 4 is 23.4 Å². The summed E-state index contributed by atoms with van der Waals surface area (Å²) >= 11 is 0. The zero-order chi connectivity index (χ0) is 24.2. The zero-order valence-electron chi connectivity index (χ0n) is 19.4. The Labute approximate surface area is 198 Å². The van der Waals surface area contributed by atoms with Crippen molar-refractivity contribution in [1.82, 2.24) is 10.7 Å². The smallest absolute Gasteiger partial charge is 0.261 e. The lowest BCUT2D eigenvalue weighted by molar-refractivity contribution is -0.130. The van der Waals surface area contributed by atoms with Gasteiger partial charge < -0.3 is 10.1 Å². The van der Waals surface area contributed by atoms with Crippen molar-refractivity contribution in [3.8, 4) is 16.9 Å². The van der Waals surface area contributed by atoms with Crippen LogP contribution in [-0.4, -0.2) is 30.9 Å². The Bertz CT molecular complexity index is 1220. The molecule has 3 aromatic rings. The number of nitrogens with one attached hydrogen (secondary N) is 2. The lowest BCUT2D eigenvalue weighted by atomic mass is 9.92. The maximum Gasteiger partial charge on any atom is 0.261 e. The first-order valence-electron chi connectivity index (χ1n) is 11.1. The van der Waals surface area contributed by atoms with Gasteiger partial charge in [0.15, 0.2) is 0 Å². The van der Waals surface area contributed by atoms with Gasteiger partial charge in [-0.25, -0.2) is 5.01 Å². The van der Waals surface area contributed by atoms with E-state index in [1.54, 1.807) is 44.4 Å². The first-order valence-corrected chi connectivity index (χ1v) is 11.1. The van der Waals surface area contributed by atoms with Crippen molar-refractivity contribution in [2.24, 2.45) is 0 Å². The maximum absolute atomic E-state index is 13.4. The van der Waals surface area contributed by atoms with Crippen molar-refractivity contribution in [2.75, 3.05) is 12.1 Å². The number of hydrogen-bond acceptors (Lipinski definition) is 4. The highest BCUT2D eigenvalue weighted by Gasteiger charge is 2.33. The number of ether oxygens (including phenoxy) is 1. The summed E-state index contributed by atoms with van der Waals surface area (Å²) in [6.45, 7) is 3.42. The van der Waals surface area contributed by atoms with Gasteiger partial charge in [-0.3, -0.25) is 19.8 Å². The molecule has 1 heterocycles. The number of carbonyl (C=O) groups excluding carboxylic acids is 3. The van der Waals surface area contributed by atoms with Gasteiger partial charge in [-0.05, 0) is 48.7 Å². The van der Waals surface area contributed by atoms with Crippen molar-refractivity contribution in [3.05, 3.63) is 83.9 Å². The van der Waals surface area contributed by atoms with E-state index < -0.39 is 17.9 Å². The molecule has 34 heavy (non-hydrogen) atoms. The number of benzene rings is 3. The molecule has 3 aromatic carbocycles. The van der Waals surface area contributed by atoms with Crippen molar-refractivity contribution in [1.29, 1.82) is 0 Å². The minimum absolute atomic E-state index is 0.124. The van der Waals surface area contributed by atoms with E-state index in [-0.39, 0.29) is 18.2 Å². The van der Waals surface area contributed by atoms with Crippen molar-refractivity contribution in [2.45, 2.75) is 32.2 Å². The van der Waals surface area contributed by atoms with Crippen LogP contribution in [0.1, 0.15) is 30.9 Å². The normalized spacial score (nSPS) is 15.4. The molecule has 0 saturated carbocycles. The van der Waals surface area contributed by atoms with Gasteiger partial charge in [0.25, 0.3) is 11.8 Å². The van der Waals surface area contributed by atoms with Crippen molar-refractivity contribution in [3.63, 3.8) is 0 Å². The Morgan fingerprint density at radius 2 is 1.62 bits per heavy atom. The van der Waals surface area contributed by atoms with Gasteiger partial charge in [0.2, 0.25) is 5.91 Å². The molecule has 1 unspecified atom stereocenters. The summed E-state index contributed by atoms with van der Waals surface area (Å²) in [5, 5.41) is 4.01. The highest BCUT2D eigenvalue weighted by atomic mass is 16.5. The van der Waals surface area contributed by atoms with Crippen LogP contribution in [-0.2, 0) is 20.8 Å². The van der Waals surface area contributed by atoms with E-state index in [4.69, 9.17) is 4.74 Å². The Morgan fingerprint density at radius 1 is 0.971 bits per heavy atom. The highest BCUT2D eigenvalue weighted by Crippen LogP contribution is 2.39. The molecule has 0 radical (unpaired) electrons. The Morgan fingerprint density at radius 3 is 2.32 bits per heavy atom. The van der Waals surface area contributed by atoms with E-state index in [0.717, 1.165) is 22.3 Å². The lowest BCUT2D eigenvalue weighted by Crippen LogP contribution is -2.54. The molecule has 0 fully saturated rings. The molecule has 2 N–H and O–H groups in total. The molecular formula is C27H27N3O4. The van der Waals surface area contributed by atoms with Crippen molar-refractivity contribution < 1.29 is 19.1 Å². The first kappa shape index (κ1) is 23.0. The summed E-state index contributed by atoms with van der Waals surface area (Å²) in [6.07, 6.45) is 0.124. The molecule has 0 aliphatic carbocycles. The summed E-state index contributed by atoms with van der Waals surface area (Å²) in [5.41, 5.74) is 6.83. The summed E-state index contributed by atoms with van der Waals surface area (Å²) < 4.78 is 5.13. The molecule has 7 heteroatoms. The summed E-state index contributed by atoms with van der Waals surface area (Å²) in [4.78, 5) is 38.8. The van der Waals surface area contributed by atoms with E-state index in [1.807, 2.05) is 49.4 Å². The fraction of sp³-hybridized carbons (Fsp3) is 0.222. The third-order valence-electron chi connectivity index (χ3n) is 5.97. The largest absolute Gasteiger partial charge is 0.497 e. The lowest BCUT2D eigenvalue weighted by Gasteiger charge is -2.27. The van der Waals surface area contributed by atoms with Crippen LogP contribution in [0.5, 0.6) is 5.75 Å². The van der Waals surface area contributed by atoms with E-state index in [2.05, 4.69) is 10.7 Å². The SMILES string of the molecule is COc1ccc(CC(=O)N[C@@H](C)C(=O)NN2C(=O)C(C)c3ccccc3-c3ccccc32)cc1. The second-order valence-corrected chi connectivity index (χ2v) is 8.29. The predicted octanol–water partition coefficient (Wildman–Crippen LogP) is 3.59. The molecule has 4 rings (SSSR count). The standard InChI is InChI=1S/C27H27N3O4/c1-17-21-8-4-5-9-22(21)23-10-6-7-11-24(23)30(27(17)33)29-26(32)18(2)28-25(31)16-19-12-14-20(34-3)15-13-19/h4-15,17-18H,16H2,1-3H3,(H,28,31)(H,29,32)/t17?,18-/m0/s1. The highest BCUT2D eigenvalue weighted by molar-refractivity contribution is 6.06. The Kier molecular flexibility index (Phi) is 6.63. The molecule has 2 atom stereocenters. The number of rotatable bonds is 6. The number of anilines is 1. The molecule has 174 valence electrons. The van der Waals surface area contributed by atoms with Gasteiger partial charge in [-0.15, -0.1) is 0 Å². The topological polar surface area (TPSA) is 87.7 Å². The average molecular weight is 458 g/mol. The van der Waals surface area contributed by atoms with Gasteiger partial charge in [-0.2, -0.15) is 0 Å². The first-order chi connectivity index (χ1) is 16.4. The van der Waals surface area contributed by atoms with Gasteiger partial charge in [0.05, 0.1) is 25.1 Å². The molecule has 0 aromatic heterocycles. The Hall–Kier alpha value is -4.13. The second-order valence-electron chi connectivity index (χ2n) is 8.29. The molecule has 3 amide bonds. The number of para-hydroxylation sites is 1. The van der Waals surface area contributed by atoms with Crippen LogP contribution in [0.15, 0.2) is 72.8 Å². The molecule has 0 spiro atoms. The fourth-order valence-corrected chi connectivity index (χ4v) is 4.07. The van der Waals surface area contributed by atoms with E-state index in [1.165, 1.54) is 5.01 Å². The van der Waals surface area contributed by atoms with Crippen LogP contribution in [0, 0.1) is 0 Å². The molecule has 0 bridgehead atoms. The second kappa shape index (κ2) is 9.79. The molecule has 1 aliphatic rings. The monoisotopic (exact) mass is 457 g/mol. The van der Waals surface area contributed by atoms with Crippen LogP contribution >= 0.6 is 0 Å². The number of nitrogens with zero attached hydrogens (tertiary/aromatic N) is 1. The van der Waals surface area contributed by atoms with E-state index >= 15 is 0 Å². The number of hydrogen-bond donors (Lipinski definition) is 2. The minimum Gasteiger partial charge on any atom is -0.497 e. The number of carbonyl (C=O) groups is 3. The number of hydrazine groups is 1. The molecular weight excluding hydrogens is 430 g/mol. The third-order valence-corrected chi connectivity index (χ3v) is 5.97. The van der Waals surface area contributed by atoms with Crippen LogP contribution < -0.4 is 20.5 Å². The third kappa shape index (κ3) is 4.64. The van der Waals surface area contributed by atoms with Crippen LogP contribution in [0.25, 0.3) is 11.1 Å². The fourth-order valence-electron chi connectivity index (χ4n) is 4.07. The number of amides is 3. The van der Waals surface area contributed by atoms with E-state index in [0.29, 0.717) is 11.4 Å². The molecule has 7 nitrogen and oxygen atoms in total. The molecule has 1 aliphatic heterocycles. The summed E-state index contributed by atoms with van der Waals surface area (Å²) in [7, 11) is 1.58. The molecule has 0 saturated heterocycles. The van der Waals surface area contributed by atoms with Crippen LogP contribution in [0.2, 0.25) is 0 Å². The van der Waals surface area contributed by atoms with E-state index in [9.17, 15) is 14.4 Å².